The third-order valence-corrected chi connectivity index (χ3v) is 3.71. The molecule has 0 heterocycles. The monoisotopic (exact) mass is 281 g/mol. The first-order valence-electron chi connectivity index (χ1n) is 5.72. The number of anilines is 1. The van der Waals surface area contributed by atoms with Gasteiger partial charge in [-0.2, -0.15) is 0 Å². The highest BCUT2D eigenvalue weighted by Gasteiger charge is 2.20. The number of carbonyl (C=O) groups is 1. The Kier molecular flexibility index (Phi) is 3.99. The van der Waals surface area contributed by atoms with Gasteiger partial charge in [0.15, 0.2) is 0 Å². The van der Waals surface area contributed by atoms with Crippen molar-refractivity contribution in [2.24, 2.45) is 5.92 Å². The molecule has 1 aliphatic carbocycles. The van der Waals surface area contributed by atoms with Crippen LogP contribution in [0, 0.1) is 5.92 Å². The molecule has 1 fully saturated rings. The highest BCUT2D eigenvalue weighted by Crippen LogP contribution is 2.29. The van der Waals surface area contributed by atoms with Crippen LogP contribution in [0.15, 0.2) is 24.3 Å². The van der Waals surface area contributed by atoms with Crippen LogP contribution in [0.5, 0.6) is 0 Å². The minimum atomic E-state index is 0.149. The van der Waals surface area contributed by atoms with Crippen molar-refractivity contribution in [2.75, 3.05) is 5.32 Å². The first-order chi connectivity index (χ1) is 7.78. The molecule has 2 nitrogen and oxygen atoms in total. The number of nitrogens with one attached hydrogen (secondary N) is 1. The van der Waals surface area contributed by atoms with Crippen molar-refractivity contribution >= 4 is 27.5 Å². The molecule has 2 rings (SSSR count). The van der Waals surface area contributed by atoms with Crippen LogP contribution >= 0.6 is 15.9 Å². The first kappa shape index (κ1) is 11.6. The Morgan fingerprint density at radius 1 is 1.44 bits per heavy atom. The number of amides is 1. The molecule has 3 heteroatoms. The van der Waals surface area contributed by atoms with Crippen molar-refractivity contribution in [3.05, 3.63) is 29.8 Å². The van der Waals surface area contributed by atoms with Gasteiger partial charge in [-0.3, -0.25) is 4.79 Å². The summed E-state index contributed by atoms with van der Waals surface area (Å²) in [6, 6.07) is 7.95. The maximum Gasteiger partial charge on any atom is 0.224 e. The lowest BCUT2D eigenvalue weighted by atomic mass is 9.83. The molecule has 1 aliphatic rings. The Balaban J connectivity index is 1.89. The van der Waals surface area contributed by atoms with Gasteiger partial charge in [-0.15, -0.1) is 0 Å². The Hall–Kier alpha value is -0.830. The van der Waals surface area contributed by atoms with E-state index in [2.05, 4.69) is 21.2 Å². The number of rotatable bonds is 4. The summed E-state index contributed by atoms with van der Waals surface area (Å²) in [5, 5.41) is 3.77. The fourth-order valence-corrected chi connectivity index (χ4v) is 2.25. The quantitative estimate of drug-likeness (QED) is 0.838. The highest BCUT2D eigenvalue weighted by molar-refractivity contribution is 9.08. The largest absolute Gasteiger partial charge is 0.326 e. The summed E-state index contributed by atoms with van der Waals surface area (Å²) in [5.74, 6) is 0.774. The van der Waals surface area contributed by atoms with Gasteiger partial charge in [-0.05, 0) is 36.5 Å². The van der Waals surface area contributed by atoms with Crippen LogP contribution in [-0.4, -0.2) is 5.91 Å². The Morgan fingerprint density at radius 2 is 2.25 bits per heavy atom. The molecule has 0 saturated heterocycles. The standard InChI is InChI=1S/C13H16BrNO/c14-9-11-5-2-6-12(7-11)15-13(16)8-10-3-1-4-10/h2,5-7,10H,1,3-4,8-9H2,(H,15,16). The third kappa shape index (κ3) is 3.08. The lowest BCUT2D eigenvalue weighted by Gasteiger charge is -2.24. The smallest absolute Gasteiger partial charge is 0.224 e. The number of alkyl halides is 1. The average molecular weight is 282 g/mol. The normalized spacial score (nSPS) is 15.6. The van der Waals surface area contributed by atoms with Crippen LogP contribution in [0.3, 0.4) is 0 Å². The maximum absolute atomic E-state index is 11.7. The lowest BCUT2D eigenvalue weighted by molar-refractivity contribution is -0.117. The van der Waals surface area contributed by atoms with Crippen LogP contribution in [0.4, 0.5) is 5.69 Å². The molecule has 1 aromatic rings. The number of hydrogen-bond donors (Lipinski definition) is 1. The minimum absolute atomic E-state index is 0.149. The molecule has 1 aromatic carbocycles. The van der Waals surface area contributed by atoms with Gasteiger partial charge in [0.25, 0.3) is 0 Å². The van der Waals surface area contributed by atoms with E-state index in [0.717, 1.165) is 11.0 Å². The van der Waals surface area contributed by atoms with Gasteiger partial charge in [0.05, 0.1) is 0 Å². The molecule has 0 spiro atoms. The fraction of sp³-hybridized carbons (Fsp3) is 0.462. The third-order valence-electron chi connectivity index (χ3n) is 3.06. The molecule has 0 bridgehead atoms. The fourth-order valence-electron chi connectivity index (χ4n) is 1.90. The molecule has 0 aromatic heterocycles. The molecule has 1 saturated carbocycles. The van der Waals surface area contributed by atoms with Crippen LogP contribution in [0.25, 0.3) is 0 Å². The molecule has 1 amide bonds. The molecule has 86 valence electrons. The van der Waals surface area contributed by atoms with Gasteiger partial charge in [0, 0.05) is 17.4 Å². The Bertz CT molecular complexity index is 374. The zero-order valence-electron chi connectivity index (χ0n) is 9.21. The molecule has 0 aliphatic heterocycles. The van der Waals surface area contributed by atoms with Crippen molar-refractivity contribution in [3.8, 4) is 0 Å². The van der Waals surface area contributed by atoms with E-state index in [1.54, 1.807) is 0 Å². The van der Waals surface area contributed by atoms with Gasteiger partial charge in [-0.1, -0.05) is 34.5 Å². The number of carbonyl (C=O) groups excluding carboxylic acids is 1. The summed E-state index contributed by atoms with van der Waals surface area (Å²) in [6.07, 6.45) is 4.40. The predicted octanol–water partition coefficient (Wildman–Crippen LogP) is 3.71. The summed E-state index contributed by atoms with van der Waals surface area (Å²) < 4.78 is 0. The van der Waals surface area contributed by atoms with E-state index in [-0.39, 0.29) is 5.91 Å². The van der Waals surface area contributed by atoms with Gasteiger partial charge in [0.2, 0.25) is 5.91 Å². The summed E-state index contributed by atoms with van der Waals surface area (Å²) in [7, 11) is 0. The van der Waals surface area contributed by atoms with Crippen LogP contribution < -0.4 is 5.32 Å². The maximum atomic E-state index is 11.7. The van der Waals surface area contributed by atoms with Crippen LogP contribution in [-0.2, 0) is 10.1 Å². The second kappa shape index (κ2) is 5.48. The van der Waals surface area contributed by atoms with Crippen molar-refractivity contribution < 1.29 is 4.79 Å². The summed E-state index contributed by atoms with van der Waals surface area (Å²) in [5.41, 5.74) is 2.09. The van der Waals surface area contributed by atoms with Crippen molar-refractivity contribution in [1.82, 2.24) is 0 Å². The summed E-state index contributed by atoms with van der Waals surface area (Å²) >= 11 is 3.41. The van der Waals surface area contributed by atoms with E-state index in [1.807, 2.05) is 24.3 Å². The van der Waals surface area contributed by atoms with E-state index in [4.69, 9.17) is 0 Å². The topological polar surface area (TPSA) is 29.1 Å². The number of benzene rings is 1. The average Bonchev–Trinajstić information content (AvgIpc) is 2.24. The number of hydrogen-bond acceptors (Lipinski definition) is 1. The van der Waals surface area contributed by atoms with Crippen molar-refractivity contribution in [1.29, 1.82) is 0 Å². The highest BCUT2D eigenvalue weighted by atomic mass is 79.9. The molecule has 16 heavy (non-hydrogen) atoms. The molecule has 1 N–H and O–H groups in total. The number of halogens is 1. The zero-order chi connectivity index (χ0) is 11.4. The zero-order valence-corrected chi connectivity index (χ0v) is 10.8. The van der Waals surface area contributed by atoms with E-state index in [0.29, 0.717) is 12.3 Å². The summed E-state index contributed by atoms with van der Waals surface area (Å²) in [6.45, 7) is 0. The molecule has 0 radical (unpaired) electrons. The molecular formula is C13H16BrNO. The Labute approximate surface area is 105 Å². The molecular weight excluding hydrogens is 266 g/mol. The first-order valence-corrected chi connectivity index (χ1v) is 6.85. The van der Waals surface area contributed by atoms with E-state index in [9.17, 15) is 4.79 Å². The second-order valence-electron chi connectivity index (χ2n) is 4.38. The second-order valence-corrected chi connectivity index (χ2v) is 4.94. The van der Waals surface area contributed by atoms with E-state index < -0.39 is 0 Å². The van der Waals surface area contributed by atoms with E-state index in [1.165, 1.54) is 24.8 Å². The minimum Gasteiger partial charge on any atom is -0.326 e. The molecule has 0 unspecified atom stereocenters. The van der Waals surface area contributed by atoms with Gasteiger partial charge >= 0.3 is 0 Å². The lowest BCUT2D eigenvalue weighted by Crippen LogP contribution is -2.20. The van der Waals surface area contributed by atoms with Crippen molar-refractivity contribution in [2.45, 2.75) is 31.0 Å². The van der Waals surface area contributed by atoms with E-state index >= 15 is 0 Å². The molecule has 0 atom stereocenters. The van der Waals surface area contributed by atoms with Gasteiger partial charge < -0.3 is 5.32 Å². The predicted molar refractivity (Wildman–Crippen MR) is 69.7 cm³/mol. The van der Waals surface area contributed by atoms with Crippen molar-refractivity contribution in [3.63, 3.8) is 0 Å². The van der Waals surface area contributed by atoms with Gasteiger partial charge in [-0.25, -0.2) is 0 Å². The SMILES string of the molecule is O=C(CC1CCC1)Nc1cccc(CBr)c1. The van der Waals surface area contributed by atoms with Gasteiger partial charge in [0.1, 0.15) is 0 Å². The Morgan fingerprint density at radius 3 is 2.88 bits per heavy atom. The van der Waals surface area contributed by atoms with Crippen LogP contribution in [0.1, 0.15) is 31.2 Å². The van der Waals surface area contributed by atoms with Crippen LogP contribution in [0.2, 0.25) is 0 Å². The summed E-state index contributed by atoms with van der Waals surface area (Å²) in [4.78, 5) is 11.7.